The van der Waals surface area contributed by atoms with Gasteiger partial charge in [-0.15, -0.1) is 0 Å². The number of hydrogen-bond acceptors (Lipinski definition) is 6. The molecule has 1 N–H and O–H groups in total. The molecular weight excluding hydrogens is 445 g/mol. The molecule has 1 amide bonds. The van der Waals surface area contributed by atoms with Crippen molar-refractivity contribution in [2.24, 2.45) is 0 Å². The van der Waals surface area contributed by atoms with E-state index in [1.807, 2.05) is 5.32 Å². The van der Waals surface area contributed by atoms with E-state index in [4.69, 9.17) is 11.6 Å². The number of ketones is 1. The van der Waals surface area contributed by atoms with Gasteiger partial charge in [0.1, 0.15) is 5.69 Å². The van der Waals surface area contributed by atoms with Gasteiger partial charge in [0.05, 0.1) is 16.9 Å². The first-order valence-corrected chi connectivity index (χ1v) is 8.95. The van der Waals surface area contributed by atoms with Crippen LogP contribution in [0.15, 0.2) is 42.5 Å². The van der Waals surface area contributed by atoms with Crippen molar-refractivity contribution in [2.45, 2.75) is 19.0 Å². The summed E-state index contributed by atoms with van der Waals surface area (Å²) in [7, 11) is 0. The van der Waals surface area contributed by atoms with Crippen molar-refractivity contribution < 1.29 is 37.2 Å². The minimum Gasteiger partial charge on any atom is -0.456 e. The molecule has 2 aromatic rings. The number of rotatable bonds is 8. The number of nitrogens with zero attached hydrogens (tertiary/aromatic N) is 1. The van der Waals surface area contributed by atoms with Crippen LogP contribution in [0.5, 0.6) is 0 Å². The molecular formula is C19H14ClF3N2O6. The molecule has 0 aromatic heterocycles. The summed E-state index contributed by atoms with van der Waals surface area (Å²) in [6.07, 6.45) is -5.31. The maximum atomic E-state index is 12.7. The third-order valence-electron chi connectivity index (χ3n) is 3.88. The molecule has 0 atom stereocenters. The van der Waals surface area contributed by atoms with Crippen LogP contribution in [0.2, 0.25) is 5.02 Å². The Balaban J connectivity index is 1.88. The molecule has 0 radical (unpaired) electrons. The molecule has 0 spiro atoms. The summed E-state index contributed by atoms with van der Waals surface area (Å²) < 4.78 is 42.8. The van der Waals surface area contributed by atoms with Crippen molar-refractivity contribution in [3.8, 4) is 0 Å². The fourth-order valence-corrected chi connectivity index (χ4v) is 2.49. The fraction of sp³-hybridized carbons (Fsp3) is 0.211. The molecule has 0 saturated heterocycles. The molecule has 0 bridgehead atoms. The minimum atomic E-state index is -4.80. The summed E-state index contributed by atoms with van der Waals surface area (Å²) in [5.74, 6) is -2.22. The molecule has 0 aliphatic carbocycles. The Morgan fingerprint density at radius 2 is 1.71 bits per heavy atom. The Morgan fingerprint density at radius 3 is 2.29 bits per heavy atom. The van der Waals surface area contributed by atoms with Crippen LogP contribution in [-0.2, 0) is 20.5 Å². The molecule has 0 aliphatic heterocycles. The summed E-state index contributed by atoms with van der Waals surface area (Å²) in [6.45, 7) is -0.841. The van der Waals surface area contributed by atoms with Gasteiger partial charge in [0.15, 0.2) is 12.4 Å². The standard InChI is InChI=1S/C19H14ClF3N2O6/c20-13-4-1-11(2-5-13)16(26)7-8-18(28)31-10-17(27)24-14-6-3-12(19(21,22)23)9-15(14)25(29)30/h1-6,9H,7-8,10H2,(H,24,27). The highest BCUT2D eigenvalue weighted by Gasteiger charge is 2.33. The Kier molecular flexibility index (Phi) is 7.70. The van der Waals surface area contributed by atoms with E-state index in [1.165, 1.54) is 24.3 Å². The van der Waals surface area contributed by atoms with Crippen molar-refractivity contribution >= 4 is 40.6 Å². The van der Waals surface area contributed by atoms with Gasteiger partial charge in [-0.05, 0) is 36.4 Å². The van der Waals surface area contributed by atoms with Crippen molar-refractivity contribution in [2.75, 3.05) is 11.9 Å². The molecule has 12 heteroatoms. The number of ether oxygens (including phenoxy) is 1. The van der Waals surface area contributed by atoms with Crippen LogP contribution in [-0.4, -0.2) is 29.2 Å². The lowest BCUT2D eigenvalue weighted by Gasteiger charge is -2.10. The smallest absolute Gasteiger partial charge is 0.416 e. The molecule has 0 unspecified atom stereocenters. The van der Waals surface area contributed by atoms with Gasteiger partial charge in [-0.25, -0.2) is 0 Å². The number of hydrogen-bond donors (Lipinski definition) is 1. The predicted octanol–water partition coefficient (Wildman–Crippen LogP) is 4.41. The number of anilines is 1. The first-order chi connectivity index (χ1) is 14.5. The van der Waals surface area contributed by atoms with Crippen LogP contribution in [0.3, 0.4) is 0 Å². The molecule has 31 heavy (non-hydrogen) atoms. The van der Waals surface area contributed by atoms with E-state index in [-0.39, 0.29) is 24.7 Å². The van der Waals surface area contributed by atoms with E-state index in [1.54, 1.807) is 0 Å². The molecule has 8 nitrogen and oxygen atoms in total. The van der Waals surface area contributed by atoms with E-state index in [2.05, 4.69) is 4.74 Å². The third kappa shape index (κ3) is 7.07. The second-order valence-electron chi connectivity index (χ2n) is 6.13. The van der Waals surface area contributed by atoms with Gasteiger partial charge >= 0.3 is 12.1 Å². The molecule has 0 heterocycles. The highest BCUT2D eigenvalue weighted by molar-refractivity contribution is 6.30. The Labute approximate surface area is 178 Å². The quantitative estimate of drug-likeness (QED) is 0.271. The van der Waals surface area contributed by atoms with Crippen molar-refractivity contribution in [3.63, 3.8) is 0 Å². The van der Waals surface area contributed by atoms with Crippen molar-refractivity contribution in [1.82, 2.24) is 0 Å². The Bertz CT molecular complexity index is 1010. The lowest BCUT2D eigenvalue weighted by Crippen LogP contribution is -2.22. The van der Waals surface area contributed by atoms with E-state index in [0.717, 1.165) is 6.07 Å². The molecule has 2 rings (SSSR count). The summed E-state index contributed by atoms with van der Waals surface area (Å²) in [5.41, 5.74) is -2.38. The number of esters is 1. The second kappa shape index (κ2) is 10.0. The van der Waals surface area contributed by atoms with E-state index in [9.17, 15) is 37.7 Å². The molecule has 0 aliphatic rings. The molecule has 0 fully saturated rings. The van der Waals surface area contributed by atoms with Gasteiger partial charge in [0.2, 0.25) is 0 Å². The Morgan fingerprint density at radius 1 is 1.06 bits per heavy atom. The maximum Gasteiger partial charge on any atom is 0.416 e. The van der Waals surface area contributed by atoms with Crippen LogP contribution in [0.4, 0.5) is 24.5 Å². The first kappa shape index (κ1) is 23.8. The van der Waals surface area contributed by atoms with E-state index in [0.29, 0.717) is 16.7 Å². The SMILES string of the molecule is O=C(COC(=O)CCC(=O)c1ccc(Cl)cc1)Nc1ccc(C(F)(F)F)cc1[N+](=O)[O-]. The van der Waals surface area contributed by atoms with Crippen LogP contribution in [0.1, 0.15) is 28.8 Å². The summed E-state index contributed by atoms with van der Waals surface area (Å²) in [4.78, 5) is 45.4. The average molecular weight is 459 g/mol. The van der Waals surface area contributed by atoms with E-state index < -0.39 is 46.5 Å². The topological polar surface area (TPSA) is 116 Å². The van der Waals surface area contributed by atoms with Crippen LogP contribution >= 0.6 is 11.6 Å². The van der Waals surface area contributed by atoms with Crippen LogP contribution in [0.25, 0.3) is 0 Å². The van der Waals surface area contributed by atoms with Gasteiger partial charge in [-0.3, -0.25) is 24.5 Å². The number of alkyl halides is 3. The molecule has 164 valence electrons. The van der Waals surface area contributed by atoms with Crippen LogP contribution in [0, 0.1) is 10.1 Å². The van der Waals surface area contributed by atoms with Gasteiger partial charge in [0, 0.05) is 23.1 Å². The number of nitro benzene ring substituents is 1. The zero-order valence-corrected chi connectivity index (χ0v) is 16.3. The normalized spacial score (nSPS) is 11.0. The largest absolute Gasteiger partial charge is 0.456 e. The number of amides is 1. The Hall–Kier alpha value is -3.47. The number of carbonyl (C=O) groups is 3. The van der Waals surface area contributed by atoms with Crippen molar-refractivity contribution in [3.05, 3.63) is 68.7 Å². The maximum absolute atomic E-state index is 12.7. The number of Topliss-reactive ketones (excluding diaryl/α,β-unsaturated/α-hetero) is 1. The van der Waals surface area contributed by atoms with Crippen LogP contribution < -0.4 is 5.32 Å². The predicted molar refractivity (Wildman–Crippen MR) is 103 cm³/mol. The van der Waals surface area contributed by atoms with Gasteiger partial charge in [-0.2, -0.15) is 13.2 Å². The number of nitro groups is 1. The van der Waals surface area contributed by atoms with E-state index >= 15 is 0 Å². The molecule has 2 aromatic carbocycles. The third-order valence-corrected chi connectivity index (χ3v) is 4.13. The second-order valence-corrected chi connectivity index (χ2v) is 6.56. The zero-order chi connectivity index (χ0) is 23.2. The highest BCUT2D eigenvalue weighted by atomic mass is 35.5. The number of nitrogens with one attached hydrogen (secondary N) is 1. The lowest BCUT2D eigenvalue weighted by molar-refractivity contribution is -0.384. The monoisotopic (exact) mass is 458 g/mol. The lowest BCUT2D eigenvalue weighted by atomic mass is 10.1. The number of halogens is 4. The van der Waals surface area contributed by atoms with Gasteiger partial charge in [-0.1, -0.05) is 11.6 Å². The molecule has 0 saturated carbocycles. The van der Waals surface area contributed by atoms with Crippen molar-refractivity contribution in [1.29, 1.82) is 0 Å². The number of carbonyl (C=O) groups excluding carboxylic acids is 3. The fourth-order valence-electron chi connectivity index (χ4n) is 2.36. The first-order valence-electron chi connectivity index (χ1n) is 8.57. The number of benzene rings is 2. The summed E-state index contributed by atoms with van der Waals surface area (Å²) in [6, 6.07) is 7.57. The minimum absolute atomic E-state index is 0.188. The zero-order valence-electron chi connectivity index (χ0n) is 15.6. The van der Waals surface area contributed by atoms with Gasteiger partial charge < -0.3 is 10.1 Å². The average Bonchev–Trinajstić information content (AvgIpc) is 2.70. The summed E-state index contributed by atoms with van der Waals surface area (Å²) in [5, 5.41) is 13.5. The van der Waals surface area contributed by atoms with Gasteiger partial charge in [0.25, 0.3) is 11.6 Å². The summed E-state index contributed by atoms with van der Waals surface area (Å²) >= 11 is 5.72. The highest BCUT2D eigenvalue weighted by Crippen LogP contribution is 2.34.